The van der Waals surface area contributed by atoms with E-state index in [1.165, 1.54) is 0 Å². The van der Waals surface area contributed by atoms with E-state index in [9.17, 15) is 4.79 Å². The Morgan fingerprint density at radius 1 is 1.12 bits per heavy atom. The zero-order valence-corrected chi connectivity index (χ0v) is 17.6. The molecule has 4 aromatic heterocycles. The molecule has 158 valence electrons. The van der Waals surface area contributed by atoms with Crippen molar-refractivity contribution in [2.24, 2.45) is 0 Å². The minimum atomic E-state index is -0.121. The number of imidazole rings is 1. The maximum atomic E-state index is 13.8. The highest BCUT2D eigenvalue weighted by molar-refractivity contribution is 5.96. The van der Waals surface area contributed by atoms with Gasteiger partial charge in [0.1, 0.15) is 5.52 Å². The summed E-state index contributed by atoms with van der Waals surface area (Å²) in [4.78, 5) is 30.1. The first kappa shape index (κ1) is 18.7. The van der Waals surface area contributed by atoms with Gasteiger partial charge in [-0.2, -0.15) is 0 Å². The number of aromatic amines is 1. The lowest BCUT2D eigenvalue weighted by Gasteiger charge is -2.22. The Labute approximate surface area is 184 Å². The van der Waals surface area contributed by atoms with Crippen LogP contribution in [0.3, 0.4) is 0 Å². The molecule has 2 N–H and O–H groups in total. The highest BCUT2D eigenvalue weighted by Crippen LogP contribution is 2.38. The standard InChI is InChI=1S/C25H22N6O/c1-15(30-24-23-20(9-11-27-24)28-14-29-23)21-12-16-4-2-6-19(17-5-3-10-26-13-17)22(16)25(32)31(21)18-7-8-18/h2-6,9-15,18H,7-8H2,1H3,(H,27,30)(H,28,29)/t15-/m0/s1. The van der Waals surface area contributed by atoms with Crippen molar-refractivity contribution in [3.05, 3.63) is 83.4 Å². The predicted molar refractivity (Wildman–Crippen MR) is 126 cm³/mol. The number of fused-ring (bicyclic) bond motifs is 2. The molecule has 0 radical (unpaired) electrons. The summed E-state index contributed by atoms with van der Waals surface area (Å²) in [5, 5.41) is 5.16. The number of hydrogen-bond donors (Lipinski definition) is 2. The number of hydrogen-bond acceptors (Lipinski definition) is 5. The van der Waals surface area contributed by atoms with Gasteiger partial charge in [0.05, 0.1) is 23.3 Å². The van der Waals surface area contributed by atoms with E-state index in [0.717, 1.165) is 51.5 Å². The summed E-state index contributed by atoms with van der Waals surface area (Å²) in [6.45, 7) is 2.07. The Hall–Kier alpha value is -4.00. The van der Waals surface area contributed by atoms with Crippen molar-refractivity contribution in [2.45, 2.75) is 31.8 Å². The van der Waals surface area contributed by atoms with Crippen molar-refractivity contribution >= 4 is 27.6 Å². The van der Waals surface area contributed by atoms with E-state index in [1.807, 2.05) is 47.2 Å². The number of rotatable bonds is 5. The largest absolute Gasteiger partial charge is 0.360 e. The summed E-state index contributed by atoms with van der Waals surface area (Å²) >= 11 is 0. The molecule has 6 rings (SSSR count). The van der Waals surface area contributed by atoms with Crippen molar-refractivity contribution in [1.29, 1.82) is 0 Å². The van der Waals surface area contributed by atoms with E-state index in [-0.39, 0.29) is 17.6 Å². The molecule has 4 heterocycles. The van der Waals surface area contributed by atoms with Crippen molar-refractivity contribution < 1.29 is 0 Å². The van der Waals surface area contributed by atoms with Crippen LogP contribution in [0, 0.1) is 0 Å². The number of nitrogens with zero attached hydrogens (tertiary/aromatic N) is 4. The molecule has 1 aromatic carbocycles. The van der Waals surface area contributed by atoms with Gasteiger partial charge in [-0.1, -0.05) is 24.3 Å². The maximum absolute atomic E-state index is 13.8. The number of benzene rings is 1. The van der Waals surface area contributed by atoms with E-state index in [4.69, 9.17) is 0 Å². The maximum Gasteiger partial charge on any atom is 0.259 e. The van der Waals surface area contributed by atoms with Gasteiger partial charge in [-0.3, -0.25) is 9.78 Å². The Bertz CT molecular complexity index is 1500. The van der Waals surface area contributed by atoms with E-state index >= 15 is 0 Å². The summed E-state index contributed by atoms with van der Waals surface area (Å²) in [6, 6.07) is 14.1. The van der Waals surface area contributed by atoms with Gasteiger partial charge < -0.3 is 14.9 Å². The first-order valence-electron chi connectivity index (χ1n) is 10.8. The second-order valence-electron chi connectivity index (χ2n) is 8.31. The van der Waals surface area contributed by atoms with E-state index < -0.39 is 0 Å². The van der Waals surface area contributed by atoms with Crippen LogP contribution in [0.4, 0.5) is 5.82 Å². The average molecular weight is 422 g/mol. The molecule has 7 nitrogen and oxygen atoms in total. The molecule has 7 heteroatoms. The normalized spacial score (nSPS) is 14.7. The molecular weight excluding hydrogens is 400 g/mol. The lowest BCUT2D eigenvalue weighted by Crippen LogP contribution is -2.26. The first-order chi connectivity index (χ1) is 15.7. The minimum absolute atomic E-state index is 0.0547. The fourth-order valence-electron chi connectivity index (χ4n) is 4.45. The topological polar surface area (TPSA) is 88.5 Å². The van der Waals surface area contributed by atoms with Crippen LogP contribution >= 0.6 is 0 Å². The molecule has 0 saturated heterocycles. The second kappa shape index (κ2) is 7.30. The van der Waals surface area contributed by atoms with Crippen LogP contribution in [-0.4, -0.2) is 24.5 Å². The summed E-state index contributed by atoms with van der Waals surface area (Å²) in [7, 11) is 0. The van der Waals surface area contributed by atoms with Crippen LogP contribution in [0.5, 0.6) is 0 Å². The van der Waals surface area contributed by atoms with Crippen LogP contribution in [-0.2, 0) is 0 Å². The molecule has 0 aliphatic heterocycles. The molecule has 5 aromatic rings. The minimum Gasteiger partial charge on any atom is -0.360 e. The molecule has 0 spiro atoms. The number of pyridine rings is 3. The smallest absolute Gasteiger partial charge is 0.259 e. The molecule has 0 bridgehead atoms. The van der Waals surface area contributed by atoms with Gasteiger partial charge in [0.2, 0.25) is 0 Å². The molecule has 0 amide bonds. The Balaban J connectivity index is 1.51. The number of aromatic nitrogens is 5. The molecule has 1 aliphatic carbocycles. The quantitative estimate of drug-likeness (QED) is 0.423. The van der Waals surface area contributed by atoms with Gasteiger partial charge in [0, 0.05) is 35.9 Å². The number of H-pyrrole nitrogens is 1. The van der Waals surface area contributed by atoms with E-state index in [0.29, 0.717) is 5.82 Å². The van der Waals surface area contributed by atoms with Crippen molar-refractivity contribution in [1.82, 2.24) is 24.5 Å². The fraction of sp³-hybridized carbons (Fsp3) is 0.200. The number of nitrogens with one attached hydrogen (secondary N) is 2. The first-order valence-corrected chi connectivity index (χ1v) is 10.8. The van der Waals surface area contributed by atoms with Crippen LogP contribution < -0.4 is 10.9 Å². The molecule has 1 saturated carbocycles. The zero-order valence-electron chi connectivity index (χ0n) is 17.6. The summed E-state index contributed by atoms with van der Waals surface area (Å²) < 4.78 is 1.98. The van der Waals surface area contributed by atoms with Gasteiger partial charge in [-0.15, -0.1) is 0 Å². The van der Waals surface area contributed by atoms with Gasteiger partial charge in [0.25, 0.3) is 5.56 Å². The molecule has 1 aliphatic rings. The highest BCUT2D eigenvalue weighted by Gasteiger charge is 2.30. The van der Waals surface area contributed by atoms with E-state index in [1.54, 1.807) is 18.7 Å². The molecule has 1 fully saturated rings. The van der Waals surface area contributed by atoms with Gasteiger partial charge in [0.15, 0.2) is 5.82 Å². The second-order valence-corrected chi connectivity index (χ2v) is 8.31. The summed E-state index contributed by atoms with van der Waals surface area (Å²) in [5.41, 5.74) is 4.60. The van der Waals surface area contributed by atoms with Crippen LogP contribution in [0.25, 0.3) is 32.9 Å². The average Bonchev–Trinajstić information content (AvgIpc) is 3.54. The van der Waals surface area contributed by atoms with Crippen LogP contribution in [0.15, 0.2) is 72.2 Å². The Morgan fingerprint density at radius 3 is 2.84 bits per heavy atom. The lowest BCUT2D eigenvalue weighted by atomic mass is 9.99. The third-order valence-corrected chi connectivity index (χ3v) is 6.13. The Kier molecular flexibility index (Phi) is 4.28. The predicted octanol–water partition coefficient (Wildman–Crippen LogP) is 4.84. The van der Waals surface area contributed by atoms with Crippen LogP contribution in [0.1, 0.15) is 37.5 Å². The van der Waals surface area contributed by atoms with Crippen molar-refractivity contribution in [3.63, 3.8) is 0 Å². The Morgan fingerprint density at radius 2 is 2.03 bits per heavy atom. The van der Waals surface area contributed by atoms with Crippen LogP contribution in [0.2, 0.25) is 0 Å². The SMILES string of the molecule is C[C@H](Nc1nccc2[nH]cnc12)c1cc2cccc(-c3cccnc3)c2c(=O)n1C1CC1. The van der Waals surface area contributed by atoms with E-state index in [2.05, 4.69) is 38.2 Å². The third-order valence-electron chi connectivity index (χ3n) is 6.13. The molecule has 1 atom stereocenters. The fourth-order valence-corrected chi connectivity index (χ4v) is 4.45. The third kappa shape index (κ3) is 3.05. The van der Waals surface area contributed by atoms with Gasteiger partial charge >= 0.3 is 0 Å². The molecular formula is C25H22N6O. The molecule has 0 unspecified atom stereocenters. The highest BCUT2D eigenvalue weighted by atomic mass is 16.1. The van der Waals surface area contributed by atoms with Crippen molar-refractivity contribution in [3.8, 4) is 11.1 Å². The van der Waals surface area contributed by atoms with Gasteiger partial charge in [-0.05, 0) is 48.9 Å². The molecule has 32 heavy (non-hydrogen) atoms. The van der Waals surface area contributed by atoms with Gasteiger partial charge in [-0.25, -0.2) is 9.97 Å². The lowest BCUT2D eigenvalue weighted by molar-refractivity contribution is 0.636. The monoisotopic (exact) mass is 422 g/mol. The summed E-state index contributed by atoms with van der Waals surface area (Å²) in [6.07, 6.45) is 9.02. The number of anilines is 1. The van der Waals surface area contributed by atoms with Crippen molar-refractivity contribution in [2.75, 3.05) is 5.32 Å². The zero-order chi connectivity index (χ0) is 21.7. The summed E-state index contributed by atoms with van der Waals surface area (Å²) in [5.74, 6) is 0.704.